The monoisotopic (exact) mass is 902 g/mol. The van der Waals surface area contributed by atoms with Crippen LogP contribution in [0, 0.1) is 0 Å². The van der Waals surface area contributed by atoms with E-state index in [-0.39, 0.29) is 44.7 Å². The van der Waals surface area contributed by atoms with Crippen molar-refractivity contribution in [2.24, 2.45) is 20.5 Å². The molecular weight excluding hydrogens is 873 g/mol. The Kier molecular flexibility index (Phi) is 9.91. The maximum atomic E-state index is 12.0. The first-order chi connectivity index (χ1) is 31.2. The van der Waals surface area contributed by atoms with Gasteiger partial charge in [-0.1, -0.05) is 12.1 Å². The molecule has 0 aliphatic rings. The largest absolute Gasteiger partial charge is 0.504 e. The molecule has 0 radical (unpaired) electrons. The molecule has 6 N–H and O–H groups in total. The summed E-state index contributed by atoms with van der Waals surface area (Å²) in [6, 6.07) is 33.9. The van der Waals surface area contributed by atoms with Gasteiger partial charge in [-0.25, -0.2) is 9.97 Å². The van der Waals surface area contributed by atoms with Crippen LogP contribution in [0.4, 0.5) is 22.7 Å². The van der Waals surface area contributed by atoms with Gasteiger partial charge in [-0.15, -0.1) is 10.2 Å². The molecule has 4 heterocycles. The van der Waals surface area contributed by atoms with Crippen LogP contribution in [-0.2, 0) is 26.7 Å². The highest BCUT2D eigenvalue weighted by atomic mass is 32.2. The number of pyridine rings is 2. The zero-order chi connectivity index (χ0) is 45.0. The van der Waals surface area contributed by atoms with Gasteiger partial charge in [-0.2, -0.15) is 27.1 Å². The summed E-state index contributed by atoms with van der Waals surface area (Å²) in [4.78, 5) is 23.5. The van der Waals surface area contributed by atoms with Crippen molar-refractivity contribution in [3.05, 3.63) is 145 Å². The van der Waals surface area contributed by atoms with Gasteiger partial charge in [0.1, 0.15) is 43.8 Å². The molecule has 320 valence electrons. The molecule has 0 saturated heterocycles. The van der Waals surface area contributed by atoms with Gasteiger partial charge in [-0.3, -0.25) is 19.1 Å². The van der Waals surface area contributed by atoms with E-state index in [0.717, 1.165) is 56.5 Å². The fourth-order valence-electron chi connectivity index (χ4n) is 7.39. The van der Waals surface area contributed by atoms with E-state index in [1.807, 2.05) is 36.4 Å². The van der Waals surface area contributed by atoms with Crippen molar-refractivity contribution in [1.29, 1.82) is 0 Å². The summed E-state index contributed by atoms with van der Waals surface area (Å²) in [5, 5.41) is 37.9. The quantitative estimate of drug-likeness (QED) is 0.0552. The number of nitrogens with zero attached hydrogens (tertiary/aromatic N) is 8. The average Bonchev–Trinajstić information content (AvgIpc) is 3.93. The van der Waals surface area contributed by atoms with Crippen LogP contribution in [-0.4, -0.2) is 66.1 Å². The van der Waals surface area contributed by atoms with Crippen LogP contribution in [0.25, 0.3) is 66.6 Å². The number of hydrogen-bond acceptors (Lipinski definition) is 14. The van der Waals surface area contributed by atoms with Gasteiger partial charge in [0.05, 0.1) is 33.4 Å². The minimum Gasteiger partial charge on any atom is -0.504 e. The lowest BCUT2D eigenvalue weighted by Crippen LogP contribution is -1.99. The van der Waals surface area contributed by atoms with E-state index in [1.165, 1.54) is 36.7 Å². The third kappa shape index (κ3) is 8.00. The van der Waals surface area contributed by atoms with Crippen LogP contribution in [0.15, 0.2) is 164 Å². The van der Waals surface area contributed by atoms with Gasteiger partial charge in [0.2, 0.25) is 0 Å². The number of aromatic amines is 2. The SMILES string of the molecule is O=S(=O)(O)c1cc(N=Nc2ccc(-c3nc4ccc(Cc5ccc6nc(-c7ccc(N=Nc8cc(S(=O)(=O)O)c9cccnc9c8O)cc7)[nH]c6c5)cc4[nH]3)cc2)c(O)c2ncccc12. The molecule has 18 nitrogen and oxygen atoms in total. The molecule has 0 bridgehead atoms. The Labute approximate surface area is 367 Å². The average molecular weight is 903 g/mol. The first-order valence-electron chi connectivity index (χ1n) is 19.4. The van der Waals surface area contributed by atoms with Gasteiger partial charge in [-0.05, 0) is 127 Å². The van der Waals surface area contributed by atoms with E-state index >= 15 is 0 Å². The van der Waals surface area contributed by atoms with Crippen LogP contribution in [0.3, 0.4) is 0 Å². The Morgan fingerprint density at radius 1 is 0.508 bits per heavy atom. The Bertz CT molecular complexity index is 3590. The highest BCUT2D eigenvalue weighted by molar-refractivity contribution is 7.86. The highest BCUT2D eigenvalue weighted by Crippen LogP contribution is 2.40. The number of azo groups is 2. The normalized spacial score (nSPS) is 12.5. The lowest BCUT2D eigenvalue weighted by molar-refractivity contribution is 0.476. The first-order valence-corrected chi connectivity index (χ1v) is 22.3. The molecule has 0 unspecified atom stereocenters. The molecule has 65 heavy (non-hydrogen) atoms. The summed E-state index contributed by atoms with van der Waals surface area (Å²) in [6.45, 7) is 0. The molecule has 10 rings (SSSR count). The van der Waals surface area contributed by atoms with Gasteiger partial charge in [0.25, 0.3) is 20.2 Å². The third-order valence-electron chi connectivity index (χ3n) is 10.5. The number of aromatic hydroxyl groups is 2. The Morgan fingerprint density at radius 2 is 0.923 bits per heavy atom. The Balaban J connectivity index is 0.824. The van der Waals surface area contributed by atoms with Crippen molar-refractivity contribution in [2.45, 2.75) is 16.2 Å². The van der Waals surface area contributed by atoms with E-state index in [0.29, 0.717) is 29.4 Å². The molecule has 0 saturated carbocycles. The van der Waals surface area contributed by atoms with Gasteiger partial charge < -0.3 is 20.2 Å². The maximum absolute atomic E-state index is 12.0. The number of phenols is 2. The maximum Gasteiger partial charge on any atom is 0.295 e. The molecule has 0 spiro atoms. The Hall–Kier alpha value is -8.30. The fraction of sp³-hybridized carbons (Fsp3) is 0.0222. The number of benzene rings is 6. The number of H-pyrrole nitrogens is 2. The number of hydrogen-bond donors (Lipinski definition) is 6. The summed E-state index contributed by atoms with van der Waals surface area (Å²) >= 11 is 0. The molecule has 0 aliphatic carbocycles. The lowest BCUT2D eigenvalue weighted by Gasteiger charge is -2.07. The van der Waals surface area contributed by atoms with E-state index in [9.17, 15) is 36.2 Å². The molecule has 6 aromatic carbocycles. The molecule has 0 atom stereocenters. The van der Waals surface area contributed by atoms with Crippen molar-refractivity contribution in [3.63, 3.8) is 0 Å². The molecule has 0 aliphatic heterocycles. The van der Waals surface area contributed by atoms with E-state index < -0.39 is 30.0 Å². The van der Waals surface area contributed by atoms with Gasteiger partial charge >= 0.3 is 0 Å². The molecular formula is C45H30N10O8S2. The number of nitrogens with one attached hydrogen (secondary N) is 2. The molecule has 0 fully saturated rings. The lowest BCUT2D eigenvalue weighted by atomic mass is 10.0. The minimum atomic E-state index is -4.64. The Morgan fingerprint density at radius 3 is 1.32 bits per heavy atom. The summed E-state index contributed by atoms with van der Waals surface area (Å²) < 4.78 is 67.7. The van der Waals surface area contributed by atoms with E-state index in [1.54, 1.807) is 48.5 Å². The second-order valence-electron chi connectivity index (χ2n) is 14.8. The number of rotatable bonds is 10. The number of fused-ring (bicyclic) bond motifs is 4. The second kappa shape index (κ2) is 15.8. The van der Waals surface area contributed by atoms with Crippen molar-refractivity contribution < 1.29 is 36.2 Å². The topological polar surface area (TPSA) is 282 Å². The van der Waals surface area contributed by atoms with Crippen LogP contribution in [0.1, 0.15) is 11.1 Å². The summed E-state index contributed by atoms with van der Waals surface area (Å²) in [5.41, 5.74) is 7.32. The number of imidazole rings is 2. The van der Waals surface area contributed by atoms with Crippen LogP contribution in [0.5, 0.6) is 11.5 Å². The second-order valence-corrected chi connectivity index (χ2v) is 17.6. The molecule has 10 aromatic rings. The zero-order valence-electron chi connectivity index (χ0n) is 33.2. The molecule has 4 aromatic heterocycles. The van der Waals surface area contributed by atoms with Crippen molar-refractivity contribution in [3.8, 4) is 34.3 Å². The minimum absolute atomic E-state index is 0.0391. The van der Waals surface area contributed by atoms with Crippen molar-refractivity contribution in [2.75, 3.05) is 0 Å². The van der Waals surface area contributed by atoms with Crippen LogP contribution in [0.2, 0.25) is 0 Å². The summed E-state index contributed by atoms with van der Waals surface area (Å²) in [7, 11) is -9.28. The van der Waals surface area contributed by atoms with Crippen LogP contribution < -0.4 is 0 Å². The molecule has 20 heteroatoms. The predicted molar refractivity (Wildman–Crippen MR) is 241 cm³/mol. The highest BCUT2D eigenvalue weighted by Gasteiger charge is 2.22. The van der Waals surface area contributed by atoms with Crippen LogP contribution >= 0.6 is 0 Å². The van der Waals surface area contributed by atoms with E-state index in [2.05, 4.69) is 40.4 Å². The third-order valence-corrected chi connectivity index (χ3v) is 12.3. The zero-order valence-corrected chi connectivity index (χ0v) is 34.9. The first kappa shape index (κ1) is 40.8. The fourth-order valence-corrected chi connectivity index (χ4v) is 8.79. The van der Waals surface area contributed by atoms with E-state index in [4.69, 9.17) is 9.97 Å². The predicted octanol–water partition coefficient (Wildman–Crippen LogP) is 10.2. The standard InChI is InChI=1S/C45H30N10O8S2/c56-42-36(22-38(64(58,59)60)30-3-1-17-46-40(30)42)54-52-28-11-7-26(8-12-28)44-48-32-15-5-24(20-34(32)50-44)19-25-6-16-33-35(21-25)51-45(49-33)27-9-13-29(14-10-27)53-55-37-23-39(65(61,62)63)31-4-2-18-47-41(31)43(37)57/h1-18,20-23,56-57H,19H2,(H,48,50)(H,49,51)(H,58,59,60)(H,61,62,63). The van der Waals surface area contributed by atoms with Crippen molar-refractivity contribution in [1.82, 2.24) is 29.9 Å². The van der Waals surface area contributed by atoms with Gasteiger partial charge in [0, 0.05) is 34.3 Å². The number of phenolic OH excluding ortho intramolecular Hbond substituents is 2. The molecule has 0 amide bonds. The summed E-state index contributed by atoms with van der Waals surface area (Å²) in [6.07, 6.45) is 3.40. The summed E-state index contributed by atoms with van der Waals surface area (Å²) in [5.74, 6) is 0.516. The smallest absolute Gasteiger partial charge is 0.295 e. The number of aromatic nitrogens is 6. The van der Waals surface area contributed by atoms with Gasteiger partial charge in [0.15, 0.2) is 11.5 Å². The van der Waals surface area contributed by atoms with Crippen molar-refractivity contribution >= 4 is 86.9 Å².